The lowest BCUT2D eigenvalue weighted by molar-refractivity contribution is 0.476. The fourth-order valence-corrected chi connectivity index (χ4v) is 1.55. The van der Waals surface area contributed by atoms with Crippen LogP contribution >= 0.6 is 0 Å². The van der Waals surface area contributed by atoms with E-state index in [2.05, 4.69) is 10.1 Å². The molecule has 4 heteroatoms. The van der Waals surface area contributed by atoms with E-state index < -0.39 is 0 Å². The quantitative estimate of drug-likeness (QED) is 0.839. The third kappa shape index (κ3) is 1.78. The molecule has 2 rings (SSSR count). The molecule has 1 aromatic heterocycles. The Morgan fingerprint density at radius 2 is 1.94 bits per heavy atom. The van der Waals surface area contributed by atoms with Crippen LogP contribution in [0, 0.1) is 0 Å². The third-order valence-corrected chi connectivity index (χ3v) is 2.44. The van der Waals surface area contributed by atoms with Crippen molar-refractivity contribution in [3.8, 4) is 17.1 Å². The number of aryl methyl sites for hydroxylation is 1. The number of aromatic nitrogens is 3. The van der Waals surface area contributed by atoms with Crippen molar-refractivity contribution in [2.45, 2.75) is 19.8 Å². The zero-order chi connectivity index (χ0) is 11.7. The van der Waals surface area contributed by atoms with Crippen LogP contribution in [-0.4, -0.2) is 19.9 Å². The van der Waals surface area contributed by atoms with Crippen LogP contribution < -0.4 is 0 Å². The molecule has 0 unspecified atom stereocenters. The molecule has 0 radical (unpaired) electrons. The van der Waals surface area contributed by atoms with Gasteiger partial charge in [0.25, 0.3) is 0 Å². The molecule has 0 aliphatic carbocycles. The molecule has 0 bridgehead atoms. The van der Waals surface area contributed by atoms with Gasteiger partial charge in [0.2, 0.25) is 0 Å². The van der Waals surface area contributed by atoms with Gasteiger partial charge >= 0.3 is 0 Å². The molecule has 0 spiro atoms. The first kappa shape index (κ1) is 10.7. The van der Waals surface area contributed by atoms with E-state index in [0.717, 1.165) is 5.82 Å². The monoisotopic (exact) mass is 217 g/mol. The molecule has 16 heavy (non-hydrogen) atoms. The fourth-order valence-electron chi connectivity index (χ4n) is 1.55. The lowest BCUT2D eigenvalue weighted by Crippen LogP contribution is -1.95. The van der Waals surface area contributed by atoms with Crippen molar-refractivity contribution >= 4 is 0 Å². The maximum absolute atomic E-state index is 9.76. The number of para-hydroxylation sites is 1. The number of phenols is 1. The van der Waals surface area contributed by atoms with Gasteiger partial charge in [0.05, 0.1) is 5.56 Å². The first-order valence-electron chi connectivity index (χ1n) is 5.29. The molecule has 1 aromatic carbocycles. The Morgan fingerprint density at radius 3 is 2.50 bits per heavy atom. The average Bonchev–Trinajstić information content (AvgIpc) is 2.61. The minimum Gasteiger partial charge on any atom is -0.507 e. The Hall–Kier alpha value is -1.84. The molecule has 4 nitrogen and oxygen atoms in total. The van der Waals surface area contributed by atoms with Crippen molar-refractivity contribution in [3.63, 3.8) is 0 Å². The van der Waals surface area contributed by atoms with E-state index >= 15 is 0 Å². The zero-order valence-electron chi connectivity index (χ0n) is 9.68. The largest absolute Gasteiger partial charge is 0.507 e. The Balaban J connectivity index is 2.52. The van der Waals surface area contributed by atoms with E-state index in [-0.39, 0.29) is 11.7 Å². The summed E-state index contributed by atoms with van der Waals surface area (Å²) in [6, 6.07) is 7.15. The van der Waals surface area contributed by atoms with Gasteiger partial charge in [-0.25, -0.2) is 9.67 Å². The van der Waals surface area contributed by atoms with Crippen LogP contribution in [0.1, 0.15) is 25.6 Å². The summed E-state index contributed by atoms with van der Waals surface area (Å²) in [6.07, 6.45) is 0. The van der Waals surface area contributed by atoms with Gasteiger partial charge in [-0.05, 0) is 12.1 Å². The SMILES string of the molecule is CC(C)c1nc(-c2ccccc2O)n(C)n1. The van der Waals surface area contributed by atoms with Gasteiger partial charge in [0, 0.05) is 13.0 Å². The van der Waals surface area contributed by atoms with Gasteiger partial charge in [-0.2, -0.15) is 5.10 Å². The molecule has 84 valence electrons. The summed E-state index contributed by atoms with van der Waals surface area (Å²) in [5.74, 6) is 2.00. The molecule has 1 N–H and O–H groups in total. The molecular formula is C12H15N3O. The van der Waals surface area contributed by atoms with Crippen LogP contribution in [-0.2, 0) is 7.05 Å². The molecule has 0 fully saturated rings. The highest BCUT2D eigenvalue weighted by Gasteiger charge is 2.14. The second-order valence-electron chi connectivity index (χ2n) is 4.09. The van der Waals surface area contributed by atoms with E-state index in [9.17, 15) is 5.11 Å². The predicted octanol–water partition coefficient (Wildman–Crippen LogP) is 2.31. The summed E-state index contributed by atoms with van der Waals surface area (Å²) in [5, 5.41) is 14.1. The molecule has 0 saturated heterocycles. The Morgan fingerprint density at radius 1 is 1.25 bits per heavy atom. The standard InChI is InChI=1S/C12H15N3O/c1-8(2)11-13-12(15(3)14-11)9-6-4-5-7-10(9)16/h4-8,16H,1-3H3. The van der Waals surface area contributed by atoms with E-state index in [1.807, 2.05) is 33.0 Å². The van der Waals surface area contributed by atoms with E-state index in [1.165, 1.54) is 0 Å². The zero-order valence-corrected chi connectivity index (χ0v) is 9.68. The first-order chi connectivity index (χ1) is 7.59. The number of benzene rings is 1. The van der Waals surface area contributed by atoms with E-state index in [0.29, 0.717) is 11.4 Å². The number of aromatic hydroxyl groups is 1. The molecule has 2 aromatic rings. The van der Waals surface area contributed by atoms with Crippen molar-refractivity contribution in [1.82, 2.24) is 14.8 Å². The first-order valence-corrected chi connectivity index (χ1v) is 5.29. The van der Waals surface area contributed by atoms with Crippen LogP contribution in [0.2, 0.25) is 0 Å². The van der Waals surface area contributed by atoms with Crippen LogP contribution in [0.15, 0.2) is 24.3 Å². The van der Waals surface area contributed by atoms with Crippen molar-refractivity contribution in [2.75, 3.05) is 0 Å². The van der Waals surface area contributed by atoms with Crippen LogP contribution in [0.25, 0.3) is 11.4 Å². The molecule has 0 aliphatic rings. The highest BCUT2D eigenvalue weighted by Crippen LogP contribution is 2.27. The van der Waals surface area contributed by atoms with Crippen molar-refractivity contribution in [3.05, 3.63) is 30.1 Å². The number of nitrogens with zero attached hydrogens (tertiary/aromatic N) is 3. The second-order valence-corrected chi connectivity index (χ2v) is 4.09. The summed E-state index contributed by atoms with van der Waals surface area (Å²) in [5.41, 5.74) is 0.712. The lowest BCUT2D eigenvalue weighted by atomic mass is 10.2. The summed E-state index contributed by atoms with van der Waals surface area (Å²) >= 11 is 0. The molecule has 0 atom stereocenters. The summed E-state index contributed by atoms with van der Waals surface area (Å²) < 4.78 is 1.70. The minimum atomic E-state index is 0.230. The molecule has 0 saturated carbocycles. The number of hydrogen-bond donors (Lipinski definition) is 1. The Labute approximate surface area is 94.6 Å². The van der Waals surface area contributed by atoms with E-state index in [1.54, 1.807) is 16.8 Å². The van der Waals surface area contributed by atoms with Crippen LogP contribution in [0.5, 0.6) is 5.75 Å². The van der Waals surface area contributed by atoms with Gasteiger partial charge < -0.3 is 5.11 Å². The summed E-state index contributed by atoms with van der Waals surface area (Å²) in [7, 11) is 1.83. The third-order valence-electron chi connectivity index (χ3n) is 2.44. The topological polar surface area (TPSA) is 50.9 Å². The van der Waals surface area contributed by atoms with Gasteiger partial charge in [0.15, 0.2) is 11.6 Å². The highest BCUT2D eigenvalue weighted by atomic mass is 16.3. The van der Waals surface area contributed by atoms with Crippen molar-refractivity contribution in [1.29, 1.82) is 0 Å². The van der Waals surface area contributed by atoms with Gasteiger partial charge in [-0.3, -0.25) is 0 Å². The smallest absolute Gasteiger partial charge is 0.161 e. The number of phenolic OH excluding ortho intramolecular Hbond substituents is 1. The Kier molecular flexibility index (Phi) is 2.64. The molecule has 0 amide bonds. The van der Waals surface area contributed by atoms with Crippen molar-refractivity contribution < 1.29 is 5.11 Å². The fraction of sp³-hybridized carbons (Fsp3) is 0.333. The number of rotatable bonds is 2. The Bertz CT molecular complexity index is 503. The maximum Gasteiger partial charge on any atom is 0.161 e. The maximum atomic E-state index is 9.76. The molecular weight excluding hydrogens is 202 g/mol. The number of hydrogen-bond acceptors (Lipinski definition) is 3. The average molecular weight is 217 g/mol. The van der Waals surface area contributed by atoms with Crippen LogP contribution in [0.4, 0.5) is 0 Å². The van der Waals surface area contributed by atoms with Crippen LogP contribution in [0.3, 0.4) is 0 Å². The van der Waals surface area contributed by atoms with Crippen molar-refractivity contribution in [2.24, 2.45) is 7.05 Å². The highest BCUT2D eigenvalue weighted by molar-refractivity contribution is 5.63. The minimum absolute atomic E-state index is 0.230. The summed E-state index contributed by atoms with van der Waals surface area (Å²) in [6.45, 7) is 4.09. The molecule has 1 heterocycles. The lowest BCUT2D eigenvalue weighted by Gasteiger charge is -2.01. The summed E-state index contributed by atoms with van der Waals surface area (Å²) in [4.78, 5) is 4.43. The normalized spacial score (nSPS) is 11.0. The molecule has 0 aliphatic heterocycles. The predicted molar refractivity (Wildman–Crippen MR) is 62.2 cm³/mol. The van der Waals surface area contributed by atoms with Gasteiger partial charge in [-0.1, -0.05) is 26.0 Å². The second kappa shape index (κ2) is 3.96. The van der Waals surface area contributed by atoms with E-state index in [4.69, 9.17) is 0 Å². The van der Waals surface area contributed by atoms with Gasteiger partial charge in [-0.15, -0.1) is 0 Å². The van der Waals surface area contributed by atoms with Gasteiger partial charge in [0.1, 0.15) is 5.75 Å².